The Morgan fingerprint density at radius 3 is 1.95 bits per heavy atom. The van der Waals surface area contributed by atoms with Crippen molar-refractivity contribution >= 4 is 27.6 Å². The van der Waals surface area contributed by atoms with Crippen LogP contribution in [0.5, 0.6) is 0 Å². The highest BCUT2D eigenvalue weighted by Crippen LogP contribution is 2.44. The lowest BCUT2D eigenvalue weighted by molar-refractivity contribution is 0.131. The number of rotatable bonds is 8. The minimum absolute atomic E-state index is 0.0142. The lowest BCUT2D eigenvalue weighted by Gasteiger charge is -2.19. The van der Waals surface area contributed by atoms with Crippen molar-refractivity contribution in [1.29, 1.82) is 0 Å². The van der Waals surface area contributed by atoms with Gasteiger partial charge in [-0.25, -0.2) is 4.79 Å². The number of nitrogens with one attached hydrogen (secondary N) is 1. The first-order chi connectivity index (χ1) is 18.7. The number of fused-ring (bicyclic) bond motifs is 5. The molecular weight excluding hydrogens is 470 g/mol. The Hall–Kier alpha value is -4.15. The quantitative estimate of drug-likeness (QED) is 0.221. The third kappa shape index (κ3) is 4.64. The summed E-state index contributed by atoms with van der Waals surface area (Å²) in [7, 11) is 0. The lowest BCUT2D eigenvalue weighted by atomic mass is 9.93. The number of aryl methyl sites for hydroxylation is 1. The average Bonchev–Trinajstić information content (AvgIpc) is 3.28. The highest BCUT2D eigenvalue weighted by molar-refractivity contribution is 6.02. The molecule has 0 unspecified atom stereocenters. The topological polar surface area (TPSA) is 58.6 Å². The molecule has 1 atom stereocenters. The van der Waals surface area contributed by atoms with Crippen molar-refractivity contribution in [2.24, 2.45) is 0 Å². The second-order valence-electron chi connectivity index (χ2n) is 10.0. The Morgan fingerprint density at radius 2 is 1.34 bits per heavy atom. The largest absolute Gasteiger partial charge is 0.449 e. The van der Waals surface area contributed by atoms with Gasteiger partial charge in [0, 0.05) is 5.92 Å². The molecule has 6 rings (SSSR count). The molecule has 0 spiro atoms. The molecule has 5 aromatic carbocycles. The standard InChI is InChI=1S/C34H31NO3/c36-21-25(12-9-19-28-26-13-3-1-10-23(26)20-24-11-2-4-14-27(24)28)35-34(37)38-22-33-31-17-7-5-15-29(31)30-16-6-8-18-32(30)33/h1-8,10-11,13-18,20,25,33,36H,9,12,19,21-22H2,(H,35,37)/t25-/m0/s1. The van der Waals surface area contributed by atoms with Crippen LogP contribution in [0.2, 0.25) is 0 Å². The molecule has 190 valence electrons. The van der Waals surface area contributed by atoms with Crippen LogP contribution in [0.4, 0.5) is 4.79 Å². The van der Waals surface area contributed by atoms with E-state index in [0.29, 0.717) is 6.42 Å². The zero-order valence-electron chi connectivity index (χ0n) is 21.3. The molecule has 2 N–H and O–H groups in total. The van der Waals surface area contributed by atoms with E-state index in [-0.39, 0.29) is 25.2 Å². The Labute approximate surface area is 222 Å². The van der Waals surface area contributed by atoms with E-state index >= 15 is 0 Å². The van der Waals surface area contributed by atoms with Gasteiger partial charge < -0.3 is 15.2 Å². The smallest absolute Gasteiger partial charge is 0.407 e. The molecule has 0 aromatic heterocycles. The Balaban J connectivity index is 1.09. The van der Waals surface area contributed by atoms with Crippen molar-refractivity contribution in [2.75, 3.05) is 13.2 Å². The number of alkyl carbamates (subject to hydrolysis) is 1. The van der Waals surface area contributed by atoms with Gasteiger partial charge in [0.1, 0.15) is 6.61 Å². The van der Waals surface area contributed by atoms with Crippen LogP contribution in [0.1, 0.15) is 35.4 Å². The van der Waals surface area contributed by atoms with E-state index in [1.54, 1.807) is 0 Å². The summed E-state index contributed by atoms with van der Waals surface area (Å²) in [5, 5.41) is 17.9. The van der Waals surface area contributed by atoms with Crippen LogP contribution in [-0.2, 0) is 11.2 Å². The van der Waals surface area contributed by atoms with Gasteiger partial charge in [-0.05, 0) is 74.7 Å². The predicted molar refractivity (Wildman–Crippen MR) is 153 cm³/mol. The molecule has 1 aliphatic carbocycles. The number of amides is 1. The zero-order valence-corrected chi connectivity index (χ0v) is 21.3. The number of benzene rings is 5. The molecule has 0 saturated heterocycles. The van der Waals surface area contributed by atoms with Gasteiger partial charge in [-0.1, -0.05) is 97.1 Å². The predicted octanol–water partition coefficient (Wildman–Crippen LogP) is 7.22. The summed E-state index contributed by atoms with van der Waals surface area (Å²) >= 11 is 0. The molecule has 1 amide bonds. The van der Waals surface area contributed by atoms with Gasteiger partial charge in [-0.15, -0.1) is 0 Å². The number of ether oxygens (including phenoxy) is 1. The molecule has 0 heterocycles. The highest BCUT2D eigenvalue weighted by atomic mass is 16.5. The van der Waals surface area contributed by atoms with E-state index in [1.807, 2.05) is 24.3 Å². The highest BCUT2D eigenvalue weighted by Gasteiger charge is 2.29. The monoisotopic (exact) mass is 501 g/mol. The Kier molecular flexibility index (Phi) is 6.80. The van der Waals surface area contributed by atoms with Gasteiger partial charge in [0.05, 0.1) is 12.6 Å². The maximum Gasteiger partial charge on any atom is 0.407 e. The van der Waals surface area contributed by atoms with Gasteiger partial charge in [0.2, 0.25) is 0 Å². The van der Waals surface area contributed by atoms with E-state index in [9.17, 15) is 9.90 Å². The van der Waals surface area contributed by atoms with E-state index < -0.39 is 6.09 Å². The van der Waals surface area contributed by atoms with Crippen molar-refractivity contribution in [3.05, 3.63) is 120 Å². The second kappa shape index (κ2) is 10.7. The molecule has 0 saturated carbocycles. The SMILES string of the molecule is O=C(N[C@H](CO)CCCc1c2ccccc2cc2ccccc12)OCC1c2ccccc2-c2ccccc21. The zero-order chi connectivity index (χ0) is 25.9. The fourth-order valence-corrected chi connectivity index (χ4v) is 5.92. The summed E-state index contributed by atoms with van der Waals surface area (Å²) in [6.45, 7) is 0.139. The van der Waals surface area contributed by atoms with Crippen molar-refractivity contribution in [3.8, 4) is 11.1 Å². The minimum atomic E-state index is -0.485. The van der Waals surface area contributed by atoms with Crippen LogP contribution in [0.15, 0.2) is 103 Å². The van der Waals surface area contributed by atoms with Crippen LogP contribution in [0.25, 0.3) is 32.7 Å². The Bertz CT molecular complexity index is 1510. The molecule has 5 aromatic rings. The van der Waals surface area contributed by atoms with Crippen LogP contribution >= 0.6 is 0 Å². The summed E-state index contributed by atoms with van der Waals surface area (Å²) in [4.78, 5) is 12.7. The van der Waals surface area contributed by atoms with Gasteiger partial charge in [0.25, 0.3) is 0 Å². The first-order valence-electron chi connectivity index (χ1n) is 13.3. The summed E-state index contributed by atoms with van der Waals surface area (Å²) in [6.07, 6.45) is 1.89. The normalized spacial score (nSPS) is 13.3. The van der Waals surface area contributed by atoms with Crippen LogP contribution in [0.3, 0.4) is 0 Å². The fraction of sp³-hybridized carbons (Fsp3) is 0.206. The van der Waals surface area contributed by atoms with E-state index in [2.05, 4.69) is 84.2 Å². The summed E-state index contributed by atoms with van der Waals surface area (Å²) < 4.78 is 5.69. The molecule has 4 nitrogen and oxygen atoms in total. The summed E-state index contributed by atoms with van der Waals surface area (Å²) in [5.74, 6) is 0.0142. The van der Waals surface area contributed by atoms with Gasteiger partial charge in [-0.2, -0.15) is 0 Å². The van der Waals surface area contributed by atoms with Gasteiger partial charge >= 0.3 is 6.09 Å². The maximum atomic E-state index is 12.7. The summed E-state index contributed by atoms with van der Waals surface area (Å²) in [6, 6.07) is 35.4. The van der Waals surface area contributed by atoms with Gasteiger partial charge in [-0.3, -0.25) is 0 Å². The van der Waals surface area contributed by atoms with Crippen molar-refractivity contribution < 1.29 is 14.6 Å². The second-order valence-corrected chi connectivity index (χ2v) is 10.0. The Morgan fingerprint density at radius 1 is 0.789 bits per heavy atom. The van der Waals surface area contributed by atoms with Gasteiger partial charge in [0.15, 0.2) is 0 Å². The van der Waals surface area contributed by atoms with Crippen LogP contribution in [0, 0.1) is 0 Å². The lowest BCUT2D eigenvalue weighted by Crippen LogP contribution is -2.38. The average molecular weight is 502 g/mol. The van der Waals surface area contributed by atoms with Crippen LogP contribution < -0.4 is 5.32 Å². The number of aliphatic hydroxyl groups is 1. The molecule has 0 aliphatic heterocycles. The maximum absolute atomic E-state index is 12.7. The molecule has 4 heteroatoms. The number of aliphatic hydroxyl groups excluding tert-OH is 1. The first kappa shape index (κ1) is 24.2. The molecule has 1 aliphatic rings. The number of hydrogen-bond acceptors (Lipinski definition) is 3. The van der Waals surface area contributed by atoms with Crippen molar-refractivity contribution in [3.63, 3.8) is 0 Å². The molecule has 0 fully saturated rings. The van der Waals surface area contributed by atoms with E-state index in [4.69, 9.17) is 4.74 Å². The fourth-order valence-electron chi connectivity index (χ4n) is 5.92. The van der Waals surface area contributed by atoms with E-state index in [0.717, 1.165) is 12.8 Å². The third-order valence-electron chi connectivity index (χ3n) is 7.75. The molecule has 0 radical (unpaired) electrons. The summed E-state index contributed by atoms with van der Waals surface area (Å²) in [5.41, 5.74) is 6.08. The number of carbonyl (C=O) groups is 1. The number of carbonyl (C=O) groups excluding carboxylic acids is 1. The first-order valence-corrected chi connectivity index (χ1v) is 13.3. The number of hydrogen-bond donors (Lipinski definition) is 2. The van der Waals surface area contributed by atoms with E-state index in [1.165, 1.54) is 49.4 Å². The minimum Gasteiger partial charge on any atom is -0.449 e. The third-order valence-corrected chi connectivity index (χ3v) is 7.75. The van der Waals surface area contributed by atoms with Crippen molar-refractivity contribution in [2.45, 2.75) is 31.2 Å². The van der Waals surface area contributed by atoms with Crippen molar-refractivity contribution in [1.82, 2.24) is 5.32 Å². The molecule has 0 bridgehead atoms. The van der Waals surface area contributed by atoms with Crippen LogP contribution in [-0.4, -0.2) is 30.5 Å². The molecular formula is C34H31NO3. The molecule has 38 heavy (non-hydrogen) atoms.